The van der Waals surface area contributed by atoms with Crippen LogP contribution in [0.5, 0.6) is 11.5 Å². The van der Waals surface area contributed by atoms with Gasteiger partial charge in [-0.25, -0.2) is 4.79 Å². The van der Waals surface area contributed by atoms with Crippen LogP contribution >= 0.6 is 0 Å². The Balaban J connectivity index is 1.80. The third-order valence-electron chi connectivity index (χ3n) is 3.93. The first-order valence-corrected chi connectivity index (χ1v) is 8.83. The average Bonchev–Trinajstić information content (AvgIpc) is 3.06. The fourth-order valence-electron chi connectivity index (χ4n) is 2.79. The van der Waals surface area contributed by atoms with E-state index in [1.807, 2.05) is 33.8 Å². The predicted molar refractivity (Wildman–Crippen MR) is 98.8 cm³/mol. The van der Waals surface area contributed by atoms with E-state index in [0.717, 1.165) is 5.56 Å². The van der Waals surface area contributed by atoms with Gasteiger partial charge in [-0.2, -0.15) is 0 Å². The van der Waals surface area contributed by atoms with Crippen LogP contribution in [0.15, 0.2) is 23.4 Å². The van der Waals surface area contributed by atoms with Crippen LogP contribution in [-0.4, -0.2) is 54.6 Å². The molecule has 0 N–H and O–H groups in total. The van der Waals surface area contributed by atoms with Gasteiger partial charge in [-0.3, -0.25) is 4.79 Å². The largest absolute Gasteiger partial charge is 0.454 e. The molecule has 0 radical (unpaired) electrons. The van der Waals surface area contributed by atoms with E-state index in [1.165, 1.54) is 0 Å². The monoisotopic (exact) mass is 378 g/mol. The Kier molecular flexibility index (Phi) is 7.04. The van der Waals surface area contributed by atoms with Crippen molar-refractivity contribution >= 4 is 17.6 Å². The lowest BCUT2D eigenvalue weighted by Crippen LogP contribution is -2.44. The molecule has 0 aromatic heterocycles. The fraction of sp³-hybridized carbons (Fsp3) is 0.526. The first kappa shape index (κ1) is 20.5. The summed E-state index contributed by atoms with van der Waals surface area (Å²) in [6.07, 6.45) is 0. The molecule has 8 heteroatoms. The van der Waals surface area contributed by atoms with E-state index in [0.29, 0.717) is 17.2 Å². The molecule has 1 heterocycles. The minimum absolute atomic E-state index is 0.0291. The maximum Gasteiger partial charge on any atom is 0.347 e. The first-order chi connectivity index (χ1) is 12.8. The molecule has 27 heavy (non-hydrogen) atoms. The molecule has 0 fully saturated rings. The van der Waals surface area contributed by atoms with Gasteiger partial charge in [0.25, 0.3) is 5.91 Å². The Labute approximate surface area is 159 Å². The average molecular weight is 378 g/mol. The molecular formula is C19H26N2O6. The van der Waals surface area contributed by atoms with Crippen LogP contribution < -0.4 is 9.47 Å². The molecule has 0 aliphatic carbocycles. The quantitative estimate of drug-likeness (QED) is 0.392. The van der Waals surface area contributed by atoms with E-state index in [9.17, 15) is 9.59 Å². The number of benzene rings is 1. The van der Waals surface area contributed by atoms with Gasteiger partial charge in [0.05, 0.1) is 5.71 Å². The van der Waals surface area contributed by atoms with Crippen LogP contribution in [0.2, 0.25) is 0 Å². The maximum atomic E-state index is 12.1. The second-order valence-electron chi connectivity index (χ2n) is 6.67. The van der Waals surface area contributed by atoms with Crippen LogP contribution in [0.25, 0.3) is 0 Å². The van der Waals surface area contributed by atoms with Crippen LogP contribution in [0.4, 0.5) is 0 Å². The van der Waals surface area contributed by atoms with Crippen molar-refractivity contribution in [1.29, 1.82) is 0 Å². The van der Waals surface area contributed by atoms with Gasteiger partial charge in [0.15, 0.2) is 18.1 Å². The molecule has 1 aromatic rings. The number of rotatable bonds is 8. The fourth-order valence-corrected chi connectivity index (χ4v) is 2.79. The number of esters is 1. The number of nitrogens with zero attached hydrogens (tertiary/aromatic N) is 2. The van der Waals surface area contributed by atoms with Gasteiger partial charge in [0, 0.05) is 17.6 Å². The summed E-state index contributed by atoms with van der Waals surface area (Å²) in [5.41, 5.74) is 1.36. The van der Waals surface area contributed by atoms with Crippen molar-refractivity contribution in [2.24, 2.45) is 5.16 Å². The normalized spacial score (nSPS) is 13.1. The Hall–Kier alpha value is -2.77. The molecule has 0 atom stereocenters. The second kappa shape index (κ2) is 9.25. The summed E-state index contributed by atoms with van der Waals surface area (Å²) in [6, 6.07) is 5.45. The zero-order chi connectivity index (χ0) is 20.0. The van der Waals surface area contributed by atoms with Crippen molar-refractivity contribution in [2.75, 3.05) is 20.0 Å². The highest BCUT2D eigenvalue weighted by atomic mass is 16.7. The lowest BCUT2D eigenvalue weighted by molar-refractivity contribution is -0.157. The topological polar surface area (TPSA) is 86.7 Å². The van der Waals surface area contributed by atoms with Gasteiger partial charge in [-0.05, 0) is 52.8 Å². The van der Waals surface area contributed by atoms with Crippen LogP contribution in [0, 0.1) is 0 Å². The minimum Gasteiger partial charge on any atom is -0.454 e. The molecule has 0 unspecified atom stereocenters. The summed E-state index contributed by atoms with van der Waals surface area (Å²) in [5.74, 6) is 0.420. The van der Waals surface area contributed by atoms with Crippen molar-refractivity contribution in [1.82, 2.24) is 4.90 Å². The number of ether oxygens (including phenoxy) is 3. The summed E-state index contributed by atoms with van der Waals surface area (Å²) in [7, 11) is 0. The summed E-state index contributed by atoms with van der Waals surface area (Å²) >= 11 is 0. The molecule has 1 amide bonds. The van der Waals surface area contributed by atoms with E-state index >= 15 is 0 Å². The van der Waals surface area contributed by atoms with Crippen molar-refractivity contribution in [2.45, 2.75) is 46.7 Å². The van der Waals surface area contributed by atoms with E-state index in [1.54, 1.807) is 24.0 Å². The maximum absolute atomic E-state index is 12.1. The standard InChI is InChI=1S/C19H26N2O6/c1-12(2)21(13(3)4)18(22)9-24-19(23)10-27-20-14(5)15-6-7-16-17(8-15)26-11-25-16/h6-8,12-13H,9-11H2,1-5H3/b20-14+. The van der Waals surface area contributed by atoms with Crippen LogP contribution in [0.1, 0.15) is 40.2 Å². The van der Waals surface area contributed by atoms with Gasteiger partial charge < -0.3 is 23.9 Å². The summed E-state index contributed by atoms with van der Waals surface area (Å²) in [4.78, 5) is 30.6. The molecule has 2 rings (SSSR count). The molecule has 0 saturated carbocycles. The van der Waals surface area contributed by atoms with Crippen molar-refractivity contribution in [3.8, 4) is 11.5 Å². The van der Waals surface area contributed by atoms with Gasteiger partial charge in [0.1, 0.15) is 0 Å². The number of hydrogen-bond acceptors (Lipinski definition) is 7. The molecule has 1 aliphatic heterocycles. The first-order valence-electron chi connectivity index (χ1n) is 8.83. The highest BCUT2D eigenvalue weighted by Crippen LogP contribution is 2.32. The number of amides is 1. The second-order valence-corrected chi connectivity index (χ2v) is 6.67. The lowest BCUT2D eigenvalue weighted by atomic mass is 10.1. The minimum atomic E-state index is -0.655. The molecule has 0 bridgehead atoms. The van der Waals surface area contributed by atoms with Gasteiger partial charge in [-0.15, -0.1) is 0 Å². The van der Waals surface area contributed by atoms with Crippen molar-refractivity contribution in [3.63, 3.8) is 0 Å². The Morgan fingerprint density at radius 3 is 2.44 bits per heavy atom. The van der Waals surface area contributed by atoms with Crippen molar-refractivity contribution in [3.05, 3.63) is 23.8 Å². The third-order valence-corrected chi connectivity index (χ3v) is 3.93. The van der Waals surface area contributed by atoms with E-state index in [2.05, 4.69) is 5.16 Å². The highest BCUT2D eigenvalue weighted by molar-refractivity contribution is 5.99. The summed E-state index contributed by atoms with van der Waals surface area (Å²) in [6.45, 7) is 8.90. The van der Waals surface area contributed by atoms with Crippen LogP contribution in [-0.2, 0) is 19.2 Å². The van der Waals surface area contributed by atoms with Gasteiger partial charge in [-0.1, -0.05) is 5.16 Å². The van der Waals surface area contributed by atoms with Gasteiger partial charge in [0.2, 0.25) is 13.4 Å². The molecule has 0 saturated heterocycles. The number of fused-ring (bicyclic) bond motifs is 1. The molecule has 0 spiro atoms. The number of hydrogen-bond donors (Lipinski definition) is 0. The number of oxime groups is 1. The third kappa shape index (κ3) is 5.60. The van der Waals surface area contributed by atoms with E-state index < -0.39 is 5.97 Å². The molecule has 8 nitrogen and oxygen atoms in total. The number of carbonyl (C=O) groups is 2. The molecule has 1 aromatic carbocycles. The molecular weight excluding hydrogens is 352 g/mol. The predicted octanol–water partition coefficient (Wildman–Crippen LogP) is 2.34. The molecule has 1 aliphatic rings. The van der Waals surface area contributed by atoms with Gasteiger partial charge >= 0.3 is 5.97 Å². The Morgan fingerprint density at radius 1 is 1.11 bits per heavy atom. The zero-order valence-electron chi connectivity index (χ0n) is 16.4. The Morgan fingerprint density at radius 2 is 1.78 bits per heavy atom. The smallest absolute Gasteiger partial charge is 0.347 e. The lowest BCUT2D eigenvalue weighted by Gasteiger charge is -2.30. The van der Waals surface area contributed by atoms with E-state index in [4.69, 9.17) is 19.0 Å². The zero-order valence-corrected chi connectivity index (χ0v) is 16.4. The van der Waals surface area contributed by atoms with E-state index in [-0.39, 0.29) is 38.0 Å². The summed E-state index contributed by atoms with van der Waals surface area (Å²) in [5, 5.41) is 3.90. The molecule has 148 valence electrons. The SMILES string of the molecule is C/C(=N\OCC(=O)OCC(=O)N(C(C)C)C(C)C)c1ccc2c(c1)OCO2. The van der Waals surface area contributed by atoms with Crippen LogP contribution in [0.3, 0.4) is 0 Å². The summed E-state index contributed by atoms with van der Waals surface area (Å²) < 4.78 is 15.5. The number of carbonyl (C=O) groups excluding carboxylic acids is 2. The van der Waals surface area contributed by atoms with Crippen molar-refractivity contribution < 1.29 is 28.6 Å². The highest BCUT2D eigenvalue weighted by Gasteiger charge is 2.21. The Bertz CT molecular complexity index is 706.